The van der Waals surface area contributed by atoms with Gasteiger partial charge in [0.05, 0.1) is 10.2 Å². The van der Waals surface area contributed by atoms with E-state index in [4.69, 9.17) is 16.3 Å². The molecule has 3 aromatic rings. The van der Waals surface area contributed by atoms with Crippen molar-refractivity contribution in [1.29, 1.82) is 0 Å². The van der Waals surface area contributed by atoms with E-state index in [1.165, 1.54) is 11.3 Å². The lowest BCUT2D eigenvalue weighted by atomic mass is 10.1. The molecule has 1 saturated heterocycles. The molecule has 4 rings (SSSR count). The van der Waals surface area contributed by atoms with Gasteiger partial charge < -0.3 is 14.5 Å². The van der Waals surface area contributed by atoms with Crippen molar-refractivity contribution in [2.75, 3.05) is 38.5 Å². The van der Waals surface area contributed by atoms with E-state index in [0.717, 1.165) is 36.4 Å². The second kappa shape index (κ2) is 9.21. The first-order chi connectivity index (χ1) is 14.9. The van der Waals surface area contributed by atoms with E-state index >= 15 is 0 Å². The highest BCUT2D eigenvalue weighted by Gasteiger charge is 2.21. The molecule has 0 radical (unpaired) electrons. The number of halogens is 1. The third-order valence-corrected chi connectivity index (χ3v) is 6.34. The van der Waals surface area contributed by atoms with Crippen LogP contribution in [0.2, 0.25) is 5.02 Å². The largest absolute Gasteiger partial charge is 0.481 e. The summed E-state index contributed by atoms with van der Waals surface area (Å²) in [5, 5.41) is 3.87. The monoisotopic (exact) mass is 458 g/mol. The molecule has 0 spiro atoms. The Labute approximate surface area is 189 Å². The Morgan fingerprint density at radius 1 is 1.13 bits per heavy atom. The maximum Gasteiger partial charge on any atom is 0.266 e. The Kier molecular flexibility index (Phi) is 6.41. The van der Waals surface area contributed by atoms with Crippen molar-refractivity contribution < 1.29 is 14.3 Å². The number of anilines is 1. The second-order valence-electron chi connectivity index (χ2n) is 7.50. The van der Waals surface area contributed by atoms with Crippen molar-refractivity contribution >= 4 is 50.1 Å². The highest BCUT2D eigenvalue weighted by molar-refractivity contribution is 7.22. The van der Waals surface area contributed by atoms with Gasteiger partial charge in [-0.2, -0.15) is 0 Å². The van der Waals surface area contributed by atoms with Crippen molar-refractivity contribution in [1.82, 2.24) is 14.8 Å². The lowest BCUT2D eigenvalue weighted by Gasteiger charge is -2.32. The number of rotatable bonds is 5. The molecular weight excluding hydrogens is 436 g/mol. The minimum Gasteiger partial charge on any atom is -0.481 e. The van der Waals surface area contributed by atoms with Gasteiger partial charge in [-0.3, -0.25) is 14.9 Å². The normalized spacial score (nSPS) is 15.6. The number of hydrogen-bond donors (Lipinski definition) is 1. The fraction of sp³-hybridized carbons (Fsp3) is 0.318. The van der Waals surface area contributed by atoms with Crippen LogP contribution >= 0.6 is 22.9 Å². The number of nitrogens with zero attached hydrogens (tertiary/aromatic N) is 3. The molecule has 2 aromatic carbocycles. The third kappa shape index (κ3) is 5.15. The molecular formula is C22H23ClN4O3S. The topological polar surface area (TPSA) is 74.8 Å². The number of thiazole rings is 1. The van der Waals surface area contributed by atoms with Crippen LogP contribution in [0.25, 0.3) is 10.2 Å². The van der Waals surface area contributed by atoms with Crippen molar-refractivity contribution in [3.63, 3.8) is 0 Å². The molecule has 0 bridgehead atoms. The van der Waals surface area contributed by atoms with E-state index < -0.39 is 6.10 Å². The molecule has 1 fully saturated rings. The molecule has 1 atom stereocenters. The van der Waals surface area contributed by atoms with Gasteiger partial charge in [0.25, 0.3) is 11.8 Å². The predicted octanol–water partition coefficient (Wildman–Crippen LogP) is 3.74. The van der Waals surface area contributed by atoms with E-state index in [-0.39, 0.29) is 11.8 Å². The average molecular weight is 459 g/mol. The van der Waals surface area contributed by atoms with Gasteiger partial charge in [-0.05, 0) is 56.4 Å². The number of benzene rings is 2. The number of carbonyl (C=O) groups excluding carboxylic acids is 2. The molecule has 1 aliphatic rings. The summed E-state index contributed by atoms with van der Waals surface area (Å²) >= 11 is 7.20. The smallest absolute Gasteiger partial charge is 0.266 e. The Morgan fingerprint density at radius 2 is 1.84 bits per heavy atom. The molecule has 1 N–H and O–H groups in total. The van der Waals surface area contributed by atoms with Crippen LogP contribution in [0, 0.1) is 0 Å². The fourth-order valence-electron chi connectivity index (χ4n) is 3.28. The highest BCUT2D eigenvalue weighted by atomic mass is 35.5. The molecule has 31 heavy (non-hydrogen) atoms. The van der Waals surface area contributed by atoms with Crippen LogP contribution in [0.1, 0.15) is 17.3 Å². The van der Waals surface area contributed by atoms with Crippen LogP contribution in [-0.4, -0.2) is 65.9 Å². The zero-order valence-corrected chi connectivity index (χ0v) is 18.9. The Morgan fingerprint density at radius 3 is 2.55 bits per heavy atom. The van der Waals surface area contributed by atoms with Gasteiger partial charge in [0.2, 0.25) is 0 Å². The van der Waals surface area contributed by atoms with E-state index in [1.54, 1.807) is 37.3 Å². The number of amides is 2. The minimum absolute atomic E-state index is 0.0268. The summed E-state index contributed by atoms with van der Waals surface area (Å²) in [7, 11) is 2.06. The first kappa shape index (κ1) is 21.5. The van der Waals surface area contributed by atoms with E-state index in [1.807, 2.05) is 17.0 Å². The molecule has 0 aliphatic carbocycles. The number of carbonyl (C=O) groups is 2. The first-order valence-corrected chi connectivity index (χ1v) is 11.2. The molecule has 7 nitrogen and oxygen atoms in total. The van der Waals surface area contributed by atoms with Crippen molar-refractivity contribution in [3.05, 3.63) is 53.1 Å². The maximum absolute atomic E-state index is 12.8. The highest BCUT2D eigenvalue weighted by Crippen LogP contribution is 2.28. The van der Waals surface area contributed by atoms with Gasteiger partial charge in [0.15, 0.2) is 11.2 Å². The van der Waals surface area contributed by atoms with Gasteiger partial charge in [0, 0.05) is 36.8 Å². The molecule has 1 aliphatic heterocycles. The number of piperazine rings is 1. The summed E-state index contributed by atoms with van der Waals surface area (Å²) in [6, 6.07) is 12.3. The number of nitrogens with one attached hydrogen (secondary N) is 1. The summed E-state index contributed by atoms with van der Waals surface area (Å²) in [6.45, 7) is 4.87. The summed E-state index contributed by atoms with van der Waals surface area (Å²) in [5.41, 5.74) is 1.37. The molecule has 9 heteroatoms. The van der Waals surface area contributed by atoms with Crippen LogP contribution in [0.3, 0.4) is 0 Å². The quantitative estimate of drug-likeness (QED) is 0.630. The van der Waals surface area contributed by atoms with Crippen LogP contribution in [0.15, 0.2) is 42.5 Å². The van der Waals surface area contributed by atoms with Gasteiger partial charge in [-0.15, -0.1) is 0 Å². The second-order valence-corrected chi connectivity index (χ2v) is 8.97. The van der Waals surface area contributed by atoms with Crippen LogP contribution in [0.4, 0.5) is 5.13 Å². The van der Waals surface area contributed by atoms with Crippen LogP contribution in [-0.2, 0) is 4.79 Å². The average Bonchev–Trinajstić information content (AvgIpc) is 3.16. The van der Waals surface area contributed by atoms with Crippen molar-refractivity contribution in [2.24, 2.45) is 0 Å². The Balaban J connectivity index is 1.42. The molecule has 2 amide bonds. The van der Waals surface area contributed by atoms with Gasteiger partial charge >= 0.3 is 0 Å². The summed E-state index contributed by atoms with van der Waals surface area (Å²) in [4.78, 5) is 33.9. The molecule has 2 heterocycles. The molecule has 1 unspecified atom stereocenters. The van der Waals surface area contributed by atoms with Gasteiger partial charge in [-0.1, -0.05) is 22.9 Å². The molecule has 0 saturated carbocycles. The molecule has 1 aromatic heterocycles. The van der Waals surface area contributed by atoms with Gasteiger partial charge in [-0.25, -0.2) is 4.98 Å². The van der Waals surface area contributed by atoms with E-state index in [2.05, 4.69) is 22.2 Å². The fourth-order valence-corrected chi connectivity index (χ4v) is 4.32. The maximum atomic E-state index is 12.8. The number of likely N-dealkylation sites (N-methyl/N-ethyl adjacent to an activating group) is 1. The Hall–Kier alpha value is -2.68. The lowest BCUT2D eigenvalue weighted by molar-refractivity contribution is -0.122. The summed E-state index contributed by atoms with van der Waals surface area (Å²) in [5.74, 6) is 0.283. The predicted molar refractivity (Wildman–Crippen MR) is 123 cm³/mol. The zero-order valence-electron chi connectivity index (χ0n) is 17.3. The third-order valence-electron chi connectivity index (χ3n) is 5.15. The van der Waals surface area contributed by atoms with Crippen LogP contribution < -0.4 is 10.1 Å². The molecule has 162 valence electrons. The number of ether oxygens (including phenoxy) is 1. The van der Waals surface area contributed by atoms with Crippen molar-refractivity contribution in [2.45, 2.75) is 13.0 Å². The number of aromatic nitrogens is 1. The van der Waals surface area contributed by atoms with Gasteiger partial charge in [0.1, 0.15) is 5.75 Å². The van der Waals surface area contributed by atoms with E-state index in [9.17, 15) is 9.59 Å². The van der Waals surface area contributed by atoms with Crippen LogP contribution in [0.5, 0.6) is 5.75 Å². The minimum atomic E-state index is -0.706. The van der Waals surface area contributed by atoms with Crippen molar-refractivity contribution in [3.8, 4) is 5.75 Å². The first-order valence-electron chi connectivity index (χ1n) is 10.0. The zero-order chi connectivity index (χ0) is 22.0. The van der Waals surface area contributed by atoms with E-state index in [0.29, 0.717) is 21.5 Å². The number of fused-ring (bicyclic) bond motifs is 1. The summed E-state index contributed by atoms with van der Waals surface area (Å²) in [6.07, 6.45) is -0.706. The standard InChI is InChI=1S/C22H23ClN4O3S/c1-14(30-17-6-4-16(23)5-7-17)20(28)25-22-24-18-8-3-15(13-19(18)31-22)21(29)27-11-9-26(2)10-12-27/h3-8,13-14H,9-12H2,1-2H3,(H,24,25,28). The number of hydrogen-bond acceptors (Lipinski definition) is 6. The Bertz CT molecular complexity index is 1090. The summed E-state index contributed by atoms with van der Waals surface area (Å²) < 4.78 is 6.50. The lowest BCUT2D eigenvalue weighted by Crippen LogP contribution is -2.47. The SMILES string of the molecule is CC(Oc1ccc(Cl)cc1)C(=O)Nc1nc2ccc(C(=O)N3CCN(C)CC3)cc2s1.